The van der Waals surface area contributed by atoms with E-state index in [0.29, 0.717) is 30.3 Å². The van der Waals surface area contributed by atoms with Crippen LogP contribution in [-0.4, -0.2) is 13.3 Å². The van der Waals surface area contributed by atoms with Gasteiger partial charge in [0.25, 0.3) is 15.7 Å². The second kappa shape index (κ2) is 6.27. The Morgan fingerprint density at radius 3 is 2.24 bits per heavy atom. The van der Waals surface area contributed by atoms with Crippen LogP contribution < -0.4 is 4.72 Å². The monoisotopic (exact) mass is 382 g/mol. The molecule has 0 aromatic heterocycles. The summed E-state index contributed by atoms with van der Waals surface area (Å²) in [6.45, 7) is 0. The molecular weight excluding hydrogens is 375 g/mol. The van der Waals surface area contributed by atoms with Crippen molar-refractivity contribution in [1.82, 2.24) is 0 Å². The average Bonchev–Trinajstić information content (AvgIpc) is 2.48. The van der Waals surface area contributed by atoms with Crippen LogP contribution in [0.5, 0.6) is 0 Å². The molecule has 1 N–H and O–H groups in total. The maximum absolute atomic E-state index is 13.6. The summed E-state index contributed by atoms with van der Waals surface area (Å²) >= 11 is 0. The molecule has 2 aromatic rings. The molecule has 0 fully saturated rings. The van der Waals surface area contributed by atoms with Gasteiger partial charge in [-0.05, 0) is 30.3 Å². The van der Waals surface area contributed by atoms with Crippen LogP contribution >= 0.6 is 0 Å². The van der Waals surface area contributed by atoms with Crippen LogP contribution in [0, 0.1) is 21.7 Å². The minimum atomic E-state index is -5.13. The van der Waals surface area contributed by atoms with E-state index in [4.69, 9.17) is 0 Å². The first kappa shape index (κ1) is 18.6. The number of anilines is 1. The molecular formula is C13H7F5N2O4S. The molecule has 12 heteroatoms. The number of nitro groups is 1. The maximum atomic E-state index is 13.6. The molecule has 0 aliphatic carbocycles. The van der Waals surface area contributed by atoms with Crippen molar-refractivity contribution in [3.63, 3.8) is 0 Å². The summed E-state index contributed by atoms with van der Waals surface area (Å²) in [7, 11) is -4.76. The zero-order valence-corrected chi connectivity index (χ0v) is 12.7. The number of nitrogens with one attached hydrogen (secondary N) is 1. The molecule has 0 radical (unpaired) electrons. The van der Waals surface area contributed by atoms with Gasteiger partial charge in [0.15, 0.2) is 0 Å². The topological polar surface area (TPSA) is 89.3 Å². The number of benzene rings is 2. The molecule has 0 spiro atoms. The Labute approximate surface area is 137 Å². The van der Waals surface area contributed by atoms with Gasteiger partial charge in [0.2, 0.25) is 0 Å². The van der Waals surface area contributed by atoms with E-state index in [1.54, 1.807) is 4.72 Å². The third kappa shape index (κ3) is 4.02. The normalized spacial score (nSPS) is 12.0. The SMILES string of the molecule is O=[N+]([O-])c1ccc(NS(=O)(=O)c2cc(F)ccc2F)cc1C(F)(F)F. The molecule has 2 rings (SSSR count). The Morgan fingerprint density at radius 2 is 1.68 bits per heavy atom. The lowest BCUT2D eigenvalue weighted by molar-refractivity contribution is -0.388. The molecule has 134 valence electrons. The minimum absolute atomic E-state index is 0.187. The minimum Gasteiger partial charge on any atom is -0.280 e. The smallest absolute Gasteiger partial charge is 0.280 e. The van der Waals surface area contributed by atoms with E-state index in [1.807, 2.05) is 0 Å². The van der Waals surface area contributed by atoms with Crippen LogP contribution in [-0.2, 0) is 16.2 Å². The number of rotatable bonds is 4. The van der Waals surface area contributed by atoms with Crippen molar-refractivity contribution in [3.05, 3.63) is 63.7 Å². The van der Waals surface area contributed by atoms with Gasteiger partial charge in [0, 0.05) is 11.8 Å². The average molecular weight is 382 g/mol. The predicted molar refractivity (Wildman–Crippen MR) is 75.3 cm³/mol. The Bertz CT molecular complexity index is 944. The number of hydrogen-bond donors (Lipinski definition) is 1. The number of hydrogen-bond acceptors (Lipinski definition) is 4. The van der Waals surface area contributed by atoms with Gasteiger partial charge in [0.1, 0.15) is 22.1 Å². The molecule has 6 nitrogen and oxygen atoms in total. The zero-order chi connectivity index (χ0) is 19.0. The molecule has 0 aliphatic heterocycles. The summed E-state index contributed by atoms with van der Waals surface area (Å²) in [5.74, 6) is -2.41. The van der Waals surface area contributed by atoms with E-state index >= 15 is 0 Å². The molecule has 0 aliphatic rings. The van der Waals surface area contributed by atoms with Gasteiger partial charge in [-0.1, -0.05) is 0 Å². The lowest BCUT2D eigenvalue weighted by Gasteiger charge is -2.12. The fourth-order valence-corrected chi connectivity index (χ4v) is 3.02. The zero-order valence-electron chi connectivity index (χ0n) is 11.8. The second-order valence-corrected chi connectivity index (χ2v) is 6.32. The summed E-state index contributed by atoms with van der Waals surface area (Å²) in [5, 5.41) is 10.6. The summed E-state index contributed by atoms with van der Waals surface area (Å²) in [6.07, 6.45) is -5.13. The van der Waals surface area contributed by atoms with E-state index in [1.165, 1.54) is 0 Å². The highest BCUT2D eigenvalue weighted by Crippen LogP contribution is 2.38. The van der Waals surface area contributed by atoms with E-state index in [-0.39, 0.29) is 6.07 Å². The molecule has 0 atom stereocenters. The highest BCUT2D eigenvalue weighted by molar-refractivity contribution is 7.92. The largest absolute Gasteiger partial charge is 0.423 e. The molecule has 0 unspecified atom stereocenters. The van der Waals surface area contributed by atoms with Crippen LogP contribution in [0.4, 0.5) is 33.3 Å². The van der Waals surface area contributed by atoms with Crippen LogP contribution in [0.1, 0.15) is 5.56 Å². The van der Waals surface area contributed by atoms with Crippen molar-refractivity contribution in [2.24, 2.45) is 0 Å². The number of nitrogens with zero attached hydrogens (tertiary/aromatic N) is 1. The third-order valence-corrected chi connectivity index (χ3v) is 4.33. The first-order chi connectivity index (χ1) is 11.4. The van der Waals surface area contributed by atoms with Gasteiger partial charge >= 0.3 is 6.18 Å². The molecule has 0 bridgehead atoms. The maximum Gasteiger partial charge on any atom is 0.423 e. The van der Waals surface area contributed by atoms with Gasteiger partial charge in [0.05, 0.1) is 4.92 Å². The van der Waals surface area contributed by atoms with Crippen molar-refractivity contribution in [1.29, 1.82) is 0 Å². The van der Waals surface area contributed by atoms with Gasteiger partial charge in [-0.15, -0.1) is 0 Å². The molecule has 0 amide bonds. The summed E-state index contributed by atoms with van der Waals surface area (Å²) in [5.41, 5.74) is -3.69. The fraction of sp³-hybridized carbons (Fsp3) is 0.0769. The lowest BCUT2D eigenvalue weighted by atomic mass is 10.1. The van der Waals surface area contributed by atoms with Crippen molar-refractivity contribution in [2.45, 2.75) is 11.1 Å². The number of nitro benzene ring substituents is 1. The first-order valence-electron chi connectivity index (χ1n) is 6.25. The third-order valence-electron chi connectivity index (χ3n) is 2.93. The lowest BCUT2D eigenvalue weighted by Crippen LogP contribution is -2.16. The van der Waals surface area contributed by atoms with Gasteiger partial charge in [-0.25, -0.2) is 17.2 Å². The van der Waals surface area contributed by atoms with Gasteiger partial charge in [-0.2, -0.15) is 13.2 Å². The van der Waals surface area contributed by atoms with Crippen LogP contribution in [0.25, 0.3) is 0 Å². The Hall–Kier alpha value is -2.76. The van der Waals surface area contributed by atoms with E-state index in [2.05, 4.69) is 0 Å². The molecule has 2 aromatic carbocycles. The number of halogens is 5. The Morgan fingerprint density at radius 1 is 1.04 bits per heavy atom. The molecule has 25 heavy (non-hydrogen) atoms. The Kier molecular flexibility index (Phi) is 4.66. The first-order valence-corrected chi connectivity index (χ1v) is 7.73. The summed E-state index contributed by atoms with van der Waals surface area (Å²) < 4.78 is 90.9. The number of alkyl halides is 3. The quantitative estimate of drug-likeness (QED) is 0.496. The van der Waals surface area contributed by atoms with Crippen LogP contribution in [0.15, 0.2) is 41.3 Å². The van der Waals surface area contributed by atoms with E-state index in [9.17, 15) is 40.5 Å². The number of sulfonamides is 1. The van der Waals surface area contributed by atoms with Crippen molar-refractivity contribution >= 4 is 21.4 Å². The molecule has 0 saturated carbocycles. The summed E-state index contributed by atoms with van der Waals surface area (Å²) in [4.78, 5) is 8.23. The van der Waals surface area contributed by atoms with Crippen LogP contribution in [0.2, 0.25) is 0 Å². The highest BCUT2D eigenvalue weighted by atomic mass is 32.2. The summed E-state index contributed by atoms with van der Waals surface area (Å²) in [6, 6.07) is 2.86. The van der Waals surface area contributed by atoms with Crippen molar-refractivity contribution in [3.8, 4) is 0 Å². The van der Waals surface area contributed by atoms with Crippen LogP contribution in [0.3, 0.4) is 0 Å². The fourth-order valence-electron chi connectivity index (χ4n) is 1.88. The standard InChI is InChI=1S/C13H7F5N2O4S/c14-7-1-3-10(15)12(5-7)25(23,24)19-8-2-4-11(20(21)22)9(6-8)13(16,17)18/h1-6,19H. The van der Waals surface area contributed by atoms with E-state index in [0.717, 1.165) is 0 Å². The van der Waals surface area contributed by atoms with Gasteiger partial charge in [-0.3, -0.25) is 14.8 Å². The second-order valence-electron chi connectivity index (χ2n) is 4.67. The highest BCUT2D eigenvalue weighted by Gasteiger charge is 2.38. The van der Waals surface area contributed by atoms with E-state index < -0.39 is 54.6 Å². The van der Waals surface area contributed by atoms with Gasteiger partial charge < -0.3 is 0 Å². The molecule has 0 heterocycles. The Balaban J connectivity index is 2.50. The van der Waals surface area contributed by atoms with Crippen molar-refractivity contribution in [2.75, 3.05) is 4.72 Å². The predicted octanol–water partition coefficient (Wildman–Crippen LogP) is 3.69. The van der Waals surface area contributed by atoms with Crippen molar-refractivity contribution < 1.29 is 35.3 Å². The molecule has 0 saturated heterocycles.